The fraction of sp³-hybridized carbons (Fsp3) is 0.350. The summed E-state index contributed by atoms with van der Waals surface area (Å²) in [6.07, 6.45) is 1.39. The van der Waals surface area contributed by atoms with Gasteiger partial charge in [-0.15, -0.1) is 0 Å². The Morgan fingerprint density at radius 2 is 2.04 bits per heavy atom. The third-order valence-corrected chi connectivity index (χ3v) is 5.37. The maximum absolute atomic E-state index is 13.6. The molecule has 4 rings (SSSR count). The second-order valence-electron chi connectivity index (χ2n) is 6.77. The molecular weight excluding hydrogens is 348 g/mol. The number of esters is 1. The molecule has 0 saturated heterocycles. The number of hydrogen-bond acceptors (Lipinski definition) is 6. The van der Waals surface area contributed by atoms with E-state index in [1.807, 2.05) is 0 Å². The molecule has 1 aromatic carbocycles. The molecule has 1 amide bonds. The molecule has 1 aromatic rings. The van der Waals surface area contributed by atoms with Gasteiger partial charge in [-0.25, -0.2) is 4.79 Å². The van der Waals surface area contributed by atoms with Crippen LogP contribution in [0.1, 0.15) is 31.7 Å². The molecule has 2 N–H and O–H groups in total. The second kappa shape index (κ2) is 5.97. The van der Waals surface area contributed by atoms with Crippen LogP contribution in [0.5, 0.6) is 0 Å². The lowest BCUT2D eigenvalue weighted by molar-refractivity contribution is -0.141. The summed E-state index contributed by atoms with van der Waals surface area (Å²) >= 11 is 0. The zero-order valence-corrected chi connectivity index (χ0v) is 15.2. The Morgan fingerprint density at radius 3 is 2.78 bits per heavy atom. The molecule has 2 heterocycles. The Labute approximate surface area is 156 Å². The van der Waals surface area contributed by atoms with E-state index in [-0.39, 0.29) is 29.4 Å². The number of nitrogens with two attached hydrogens (primary N) is 1. The van der Waals surface area contributed by atoms with E-state index in [0.717, 1.165) is 0 Å². The summed E-state index contributed by atoms with van der Waals surface area (Å²) in [5.74, 6) is -1.17. The molecule has 1 unspecified atom stereocenters. The minimum absolute atomic E-state index is 0.108. The van der Waals surface area contributed by atoms with E-state index in [4.69, 9.17) is 15.2 Å². The summed E-state index contributed by atoms with van der Waals surface area (Å²) in [6.45, 7) is 1.77. The van der Waals surface area contributed by atoms with Gasteiger partial charge in [0.25, 0.3) is 0 Å². The number of likely N-dealkylation sites (N-methyl/N-ethyl adjacent to an activating group) is 1. The first kappa shape index (κ1) is 17.3. The highest BCUT2D eigenvalue weighted by molar-refractivity contribution is 6.23. The number of benzene rings is 1. The molecule has 140 valence electrons. The van der Waals surface area contributed by atoms with Crippen molar-refractivity contribution in [3.63, 3.8) is 0 Å². The molecule has 0 fully saturated rings. The zero-order valence-electron chi connectivity index (χ0n) is 15.2. The molecule has 2 aliphatic heterocycles. The lowest BCUT2D eigenvalue weighted by Gasteiger charge is -2.38. The molecule has 7 nitrogen and oxygen atoms in total. The first-order chi connectivity index (χ1) is 12.9. The van der Waals surface area contributed by atoms with Crippen LogP contribution in [0.25, 0.3) is 0 Å². The predicted molar refractivity (Wildman–Crippen MR) is 96.3 cm³/mol. The molecule has 7 heteroatoms. The Hall–Kier alpha value is -3.09. The molecular formula is C20H20N2O5. The van der Waals surface area contributed by atoms with Crippen LogP contribution in [0.2, 0.25) is 0 Å². The number of allylic oxidation sites excluding steroid dienone is 1. The number of hydrogen-bond donors (Lipinski definition) is 1. The second-order valence-corrected chi connectivity index (χ2v) is 6.77. The van der Waals surface area contributed by atoms with Crippen molar-refractivity contribution in [3.8, 4) is 0 Å². The highest BCUT2D eigenvalue weighted by atomic mass is 16.5. The maximum atomic E-state index is 13.6. The lowest BCUT2D eigenvalue weighted by atomic mass is 9.64. The third-order valence-electron chi connectivity index (χ3n) is 5.37. The Bertz CT molecular complexity index is 945. The average Bonchev–Trinajstić information content (AvgIpc) is 2.85. The standard InChI is InChI=1S/C20H20N2O5/c1-3-26-18(24)16-17(21)27-14-10-6-9-13(23)15(14)20(16)11-7-4-5-8-12(11)22(2)19(20)25/h4-5,7-8H,3,6,9-10,21H2,1-2H3. The molecule has 1 atom stereocenters. The monoisotopic (exact) mass is 368 g/mol. The zero-order chi connectivity index (χ0) is 19.3. The van der Waals surface area contributed by atoms with Gasteiger partial charge in [0.05, 0.1) is 12.2 Å². The Kier molecular flexibility index (Phi) is 3.83. The van der Waals surface area contributed by atoms with Crippen molar-refractivity contribution < 1.29 is 23.9 Å². The summed E-state index contributed by atoms with van der Waals surface area (Å²) in [4.78, 5) is 40.9. The van der Waals surface area contributed by atoms with E-state index in [1.54, 1.807) is 38.2 Å². The smallest absolute Gasteiger partial charge is 0.341 e. The topological polar surface area (TPSA) is 98.9 Å². The number of ether oxygens (including phenoxy) is 2. The molecule has 3 aliphatic rings. The van der Waals surface area contributed by atoms with Crippen molar-refractivity contribution in [1.29, 1.82) is 0 Å². The third kappa shape index (κ3) is 2.11. The average molecular weight is 368 g/mol. The van der Waals surface area contributed by atoms with Gasteiger partial charge in [-0.2, -0.15) is 0 Å². The van der Waals surface area contributed by atoms with Gasteiger partial charge in [0, 0.05) is 31.1 Å². The van der Waals surface area contributed by atoms with Crippen LogP contribution in [0, 0.1) is 0 Å². The van der Waals surface area contributed by atoms with Gasteiger partial charge in [0.2, 0.25) is 11.8 Å². The van der Waals surface area contributed by atoms with Crippen LogP contribution >= 0.6 is 0 Å². The normalized spacial score (nSPS) is 24.1. The minimum atomic E-state index is -1.62. The van der Waals surface area contributed by atoms with Gasteiger partial charge in [0.1, 0.15) is 16.7 Å². The van der Waals surface area contributed by atoms with Crippen LogP contribution in [-0.4, -0.2) is 31.3 Å². The van der Waals surface area contributed by atoms with Gasteiger partial charge < -0.3 is 20.1 Å². The van der Waals surface area contributed by atoms with Gasteiger partial charge in [-0.05, 0) is 19.4 Å². The van der Waals surface area contributed by atoms with Gasteiger partial charge in [0.15, 0.2) is 5.78 Å². The van der Waals surface area contributed by atoms with Gasteiger partial charge >= 0.3 is 5.97 Å². The van der Waals surface area contributed by atoms with Crippen LogP contribution in [0.4, 0.5) is 5.69 Å². The van der Waals surface area contributed by atoms with E-state index in [0.29, 0.717) is 36.3 Å². The molecule has 27 heavy (non-hydrogen) atoms. The number of amides is 1. The van der Waals surface area contributed by atoms with Crippen molar-refractivity contribution in [2.75, 3.05) is 18.6 Å². The summed E-state index contributed by atoms with van der Waals surface area (Å²) < 4.78 is 10.9. The number of Topliss-reactive ketones (excluding diaryl/α,β-unsaturated/α-hetero) is 1. The first-order valence-electron chi connectivity index (χ1n) is 8.94. The molecule has 1 aliphatic carbocycles. The van der Waals surface area contributed by atoms with Crippen molar-refractivity contribution >= 4 is 23.3 Å². The number of fused-ring (bicyclic) bond motifs is 3. The predicted octanol–water partition coefficient (Wildman–Crippen LogP) is 1.67. The summed E-state index contributed by atoms with van der Waals surface area (Å²) in [6, 6.07) is 7.11. The first-order valence-corrected chi connectivity index (χ1v) is 8.94. The highest BCUT2D eigenvalue weighted by Gasteiger charge is 2.63. The van der Waals surface area contributed by atoms with E-state index in [9.17, 15) is 14.4 Å². The summed E-state index contributed by atoms with van der Waals surface area (Å²) in [5.41, 5.74) is 5.79. The van der Waals surface area contributed by atoms with E-state index in [2.05, 4.69) is 0 Å². The fourth-order valence-corrected chi connectivity index (χ4v) is 4.33. The van der Waals surface area contributed by atoms with Crippen molar-refractivity contribution in [3.05, 3.63) is 52.6 Å². The van der Waals surface area contributed by atoms with Gasteiger partial charge in [-0.3, -0.25) is 9.59 Å². The quantitative estimate of drug-likeness (QED) is 0.798. The largest absolute Gasteiger partial charge is 0.462 e. The number of nitrogens with zero attached hydrogens (tertiary/aromatic N) is 1. The van der Waals surface area contributed by atoms with Crippen molar-refractivity contribution in [1.82, 2.24) is 0 Å². The maximum Gasteiger partial charge on any atom is 0.341 e. The molecule has 0 radical (unpaired) electrons. The Balaban J connectivity index is 2.10. The molecule has 1 spiro atoms. The minimum Gasteiger partial charge on any atom is -0.462 e. The number of para-hydroxylation sites is 1. The van der Waals surface area contributed by atoms with Crippen LogP contribution in [0.15, 0.2) is 47.1 Å². The number of anilines is 1. The van der Waals surface area contributed by atoms with E-state index >= 15 is 0 Å². The van der Waals surface area contributed by atoms with Crippen LogP contribution < -0.4 is 10.6 Å². The number of ketones is 1. The molecule has 0 saturated carbocycles. The number of carbonyl (C=O) groups is 3. The van der Waals surface area contributed by atoms with E-state index in [1.165, 1.54) is 4.90 Å². The van der Waals surface area contributed by atoms with Gasteiger partial charge in [-0.1, -0.05) is 18.2 Å². The summed E-state index contributed by atoms with van der Waals surface area (Å²) in [5, 5.41) is 0. The van der Waals surface area contributed by atoms with Crippen LogP contribution in [-0.2, 0) is 29.3 Å². The Morgan fingerprint density at radius 1 is 1.30 bits per heavy atom. The molecule has 0 bridgehead atoms. The summed E-state index contributed by atoms with van der Waals surface area (Å²) in [7, 11) is 1.62. The van der Waals surface area contributed by atoms with Crippen LogP contribution in [0.3, 0.4) is 0 Å². The lowest BCUT2D eigenvalue weighted by Crippen LogP contribution is -2.50. The van der Waals surface area contributed by atoms with E-state index < -0.39 is 17.3 Å². The SMILES string of the molecule is CCOC(=O)C1=C(N)OC2=C(C(=O)CCC2)C12C(=O)N(C)c1ccccc12. The number of carbonyl (C=O) groups excluding carboxylic acids is 3. The fourth-order valence-electron chi connectivity index (χ4n) is 4.33. The van der Waals surface area contributed by atoms with Crippen molar-refractivity contribution in [2.24, 2.45) is 5.73 Å². The number of rotatable bonds is 2. The molecule has 0 aromatic heterocycles. The highest BCUT2D eigenvalue weighted by Crippen LogP contribution is 2.55. The van der Waals surface area contributed by atoms with Crippen molar-refractivity contribution in [2.45, 2.75) is 31.6 Å².